The molecule has 2 aromatic rings. The molecule has 0 saturated carbocycles. The van der Waals surface area contributed by atoms with E-state index in [-0.39, 0.29) is 13.2 Å². The molecule has 1 aliphatic carbocycles. The molecule has 114 valence electrons. The van der Waals surface area contributed by atoms with Crippen LogP contribution in [0, 0.1) is 5.41 Å². The fourth-order valence-corrected chi connectivity index (χ4v) is 4.22. The molecule has 0 radical (unpaired) electrons. The second-order valence-electron chi connectivity index (χ2n) is 6.22. The van der Waals surface area contributed by atoms with Crippen molar-refractivity contribution in [1.82, 2.24) is 9.97 Å². The van der Waals surface area contributed by atoms with Gasteiger partial charge in [0.05, 0.1) is 18.6 Å². The minimum absolute atomic E-state index is 0.0518. The predicted molar refractivity (Wildman–Crippen MR) is 85.0 cm³/mol. The Balaban J connectivity index is 2.00. The fraction of sp³-hybridized carbons (Fsp3) is 0.600. The van der Waals surface area contributed by atoms with Crippen molar-refractivity contribution in [3.05, 3.63) is 16.8 Å². The maximum atomic E-state index is 9.49. The van der Waals surface area contributed by atoms with E-state index in [1.807, 2.05) is 18.9 Å². The first-order valence-electron chi connectivity index (χ1n) is 7.26. The number of hydrogen-bond acceptors (Lipinski definition) is 6. The monoisotopic (exact) mass is 307 g/mol. The van der Waals surface area contributed by atoms with Gasteiger partial charge in [-0.25, -0.2) is 9.97 Å². The van der Waals surface area contributed by atoms with Crippen LogP contribution in [-0.2, 0) is 12.8 Å². The van der Waals surface area contributed by atoms with Crippen molar-refractivity contribution in [3.63, 3.8) is 0 Å². The van der Waals surface area contributed by atoms with Crippen LogP contribution in [0.3, 0.4) is 0 Å². The van der Waals surface area contributed by atoms with Gasteiger partial charge in [-0.2, -0.15) is 0 Å². The normalized spacial score (nSPS) is 14.7. The van der Waals surface area contributed by atoms with E-state index in [0.717, 1.165) is 28.9 Å². The maximum Gasteiger partial charge on any atom is 0.140 e. The van der Waals surface area contributed by atoms with Gasteiger partial charge in [0.2, 0.25) is 0 Å². The smallest absolute Gasteiger partial charge is 0.140 e. The molecule has 21 heavy (non-hydrogen) atoms. The van der Waals surface area contributed by atoms with Gasteiger partial charge in [0, 0.05) is 23.9 Å². The third-order valence-corrected chi connectivity index (χ3v) is 5.43. The lowest BCUT2D eigenvalue weighted by Crippen LogP contribution is -2.39. The minimum Gasteiger partial charge on any atom is -0.396 e. The summed E-state index contributed by atoms with van der Waals surface area (Å²) in [5.74, 6) is 0.910. The first-order chi connectivity index (χ1) is 10.1. The molecular weight excluding hydrogens is 286 g/mol. The molecule has 3 rings (SSSR count). The second-order valence-corrected chi connectivity index (χ2v) is 7.30. The van der Waals surface area contributed by atoms with Gasteiger partial charge < -0.3 is 15.1 Å². The summed E-state index contributed by atoms with van der Waals surface area (Å²) < 4.78 is 0. The lowest BCUT2D eigenvalue weighted by molar-refractivity contribution is 0.0762. The summed E-state index contributed by atoms with van der Waals surface area (Å²) in [5.41, 5.74) is 0.859. The van der Waals surface area contributed by atoms with E-state index in [4.69, 9.17) is 0 Å². The van der Waals surface area contributed by atoms with Gasteiger partial charge >= 0.3 is 0 Å². The van der Waals surface area contributed by atoms with E-state index >= 15 is 0 Å². The number of thiophene rings is 1. The molecule has 1 aliphatic rings. The standard InChI is InChI=1S/C15H21N3O2S/c1-15(7-19,8-20)6-18(2)13-12-10-4-3-5-11(10)21-14(12)17-9-16-13/h9,19-20H,3-8H2,1-2H3. The van der Waals surface area contributed by atoms with Crippen molar-refractivity contribution >= 4 is 27.4 Å². The molecule has 2 aromatic heterocycles. The van der Waals surface area contributed by atoms with Crippen molar-refractivity contribution < 1.29 is 10.2 Å². The molecule has 2 heterocycles. The first-order valence-corrected chi connectivity index (χ1v) is 8.08. The highest BCUT2D eigenvalue weighted by Crippen LogP contribution is 2.40. The molecule has 0 fully saturated rings. The van der Waals surface area contributed by atoms with Gasteiger partial charge in [-0.15, -0.1) is 11.3 Å². The largest absolute Gasteiger partial charge is 0.396 e. The summed E-state index contributed by atoms with van der Waals surface area (Å²) in [4.78, 5) is 13.4. The SMILES string of the molecule is CN(CC(C)(CO)CO)c1ncnc2sc3c(c12)CCC3. The lowest BCUT2D eigenvalue weighted by Gasteiger charge is -2.31. The van der Waals surface area contributed by atoms with Crippen LogP contribution < -0.4 is 4.90 Å². The van der Waals surface area contributed by atoms with Crippen LogP contribution in [-0.4, -0.2) is 47.0 Å². The number of fused-ring (bicyclic) bond motifs is 3. The summed E-state index contributed by atoms with van der Waals surface area (Å²) in [5, 5.41) is 20.1. The minimum atomic E-state index is -0.536. The molecule has 0 saturated heterocycles. The molecule has 0 aliphatic heterocycles. The van der Waals surface area contributed by atoms with Crippen molar-refractivity contribution in [1.29, 1.82) is 0 Å². The molecule has 2 N–H and O–H groups in total. The summed E-state index contributed by atoms with van der Waals surface area (Å²) >= 11 is 1.77. The van der Waals surface area contributed by atoms with Crippen LogP contribution in [0.5, 0.6) is 0 Å². The van der Waals surface area contributed by atoms with E-state index < -0.39 is 5.41 Å². The molecular formula is C15H21N3O2S. The van der Waals surface area contributed by atoms with E-state index in [0.29, 0.717) is 6.54 Å². The highest BCUT2D eigenvalue weighted by molar-refractivity contribution is 7.19. The van der Waals surface area contributed by atoms with Crippen LogP contribution >= 0.6 is 11.3 Å². The van der Waals surface area contributed by atoms with E-state index in [1.54, 1.807) is 17.7 Å². The number of anilines is 1. The average molecular weight is 307 g/mol. The molecule has 5 nitrogen and oxygen atoms in total. The van der Waals surface area contributed by atoms with Crippen molar-refractivity contribution in [2.24, 2.45) is 5.41 Å². The molecule has 0 bridgehead atoms. The Labute approximate surface area is 128 Å². The zero-order chi connectivity index (χ0) is 15.0. The average Bonchev–Trinajstić information content (AvgIpc) is 3.07. The Morgan fingerprint density at radius 3 is 2.76 bits per heavy atom. The van der Waals surface area contributed by atoms with Gasteiger partial charge in [0.15, 0.2) is 0 Å². The van der Waals surface area contributed by atoms with Gasteiger partial charge in [0.1, 0.15) is 17.0 Å². The Hall–Kier alpha value is -1.24. The predicted octanol–water partition coefficient (Wildman–Crippen LogP) is 1.61. The van der Waals surface area contributed by atoms with E-state index in [2.05, 4.69) is 9.97 Å². The molecule has 0 aromatic carbocycles. The van der Waals surface area contributed by atoms with Crippen LogP contribution in [0.15, 0.2) is 6.33 Å². The number of rotatable bonds is 5. The van der Waals surface area contributed by atoms with Crippen molar-refractivity contribution in [2.75, 3.05) is 31.7 Å². The number of aryl methyl sites for hydroxylation is 2. The Morgan fingerprint density at radius 1 is 1.29 bits per heavy atom. The highest BCUT2D eigenvalue weighted by atomic mass is 32.1. The van der Waals surface area contributed by atoms with Gasteiger partial charge in [-0.05, 0) is 24.8 Å². The zero-order valence-corrected chi connectivity index (χ0v) is 13.3. The van der Waals surface area contributed by atoms with Crippen LogP contribution in [0.4, 0.5) is 5.82 Å². The summed E-state index contributed by atoms with van der Waals surface area (Å²) in [6.07, 6.45) is 5.06. The molecule has 0 atom stereocenters. The molecule has 0 amide bonds. The third-order valence-electron chi connectivity index (χ3n) is 4.23. The van der Waals surface area contributed by atoms with Gasteiger partial charge in [0.25, 0.3) is 0 Å². The number of hydrogen-bond donors (Lipinski definition) is 2. The van der Waals surface area contributed by atoms with Gasteiger partial charge in [-0.3, -0.25) is 0 Å². The number of aliphatic hydroxyl groups is 2. The first kappa shape index (κ1) is 14.7. The van der Waals surface area contributed by atoms with Crippen LogP contribution in [0.2, 0.25) is 0 Å². The number of aromatic nitrogens is 2. The summed E-state index contributed by atoms with van der Waals surface area (Å²) in [7, 11) is 1.96. The topological polar surface area (TPSA) is 69.5 Å². The summed E-state index contributed by atoms with van der Waals surface area (Å²) in [6, 6.07) is 0. The van der Waals surface area contributed by atoms with Gasteiger partial charge in [-0.1, -0.05) is 6.92 Å². The lowest BCUT2D eigenvalue weighted by atomic mass is 9.92. The maximum absolute atomic E-state index is 9.49. The van der Waals surface area contributed by atoms with Crippen LogP contribution in [0.25, 0.3) is 10.2 Å². The molecule has 0 unspecified atom stereocenters. The van der Waals surface area contributed by atoms with Crippen molar-refractivity contribution in [2.45, 2.75) is 26.2 Å². The summed E-state index contributed by atoms with van der Waals surface area (Å²) in [6.45, 7) is 2.32. The molecule has 0 spiro atoms. The third kappa shape index (κ3) is 2.52. The van der Waals surface area contributed by atoms with E-state index in [1.165, 1.54) is 16.9 Å². The number of nitrogens with zero attached hydrogens (tertiary/aromatic N) is 3. The fourth-order valence-electron chi connectivity index (χ4n) is 3.00. The number of aliphatic hydroxyl groups excluding tert-OH is 2. The second kappa shape index (κ2) is 5.51. The quantitative estimate of drug-likeness (QED) is 0.878. The Morgan fingerprint density at radius 2 is 2.05 bits per heavy atom. The zero-order valence-electron chi connectivity index (χ0n) is 12.5. The molecule has 6 heteroatoms. The van der Waals surface area contributed by atoms with Crippen LogP contribution in [0.1, 0.15) is 23.8 Å². The van der Waals surface area contributed by atoms with Crippen molar-refractivity contribution in [3.8, 4) is 0 Å². The Kier molecular flexibility index (Phi) is 3.86. The Bertz CT molecular complexity index is 652. The highest BCUT2D eigenvalue weighted by Gasteiger charge is 2.28. The van der Waals surface area contributed by atoms with E-state index in [9.17, 15) is 10.2 Å².